The van der Waals surface area contributed by atoms with E-state index in [2.05, 4.69) is 22.0 Å². The molecule has 1 atom stereocenters. The van der Waals surface area contributed by atoms with Gasteiger partial charge in [0.05, 0.1) is 34.6 Å². The Morgan fingerprint density at radius 2 is 2.04 bits per heavy atom. The summed E-state index contributed by atoms with van der Waals surface area (Å²) in [5.74, 6) is 0. The first kappa shape index (κ1) is 17.4. The summed E-state index contributed by atoms with van der Waals surface area (Å²) in [6, 6.07) is 16.0. The molecule has 1 aliphatic heterocycles. The van der Waals surface area contributed by atoms with Crippen molar-refractivity contribution in [3.8, 4) is 0 Å². The van der Waals surface area contributed by atoms with Crippen molar-refractivity contribution in [3.05, 3.63) is 71.1 Å². The highest BCUT2D eigenvalue weighted by Gasteiger charge is 2.21. The fourth-order valence-corrected chi connectivity index (χ4v) is 3.67. The number of halogens is 1. The molecule has 2 aromatic heterocycles. The highest BCUT2D eigenvalue weighted by Crippen LogP contribution is 2.23. The maximum Gasteiger partial charge on any atom is 0.0892 e. The van der Waals surface area contributed by atoms with Crippen LogP contribution in [0, 0.1) is 0 Å². The highest BCUT2D eigenvalue weighted by atomic mass is 35.5. The van der Waals surface area contributed by atoms with Crippen molar-refractivity contribution in [3.63, 3.8) is 0 Å². The average molecular weight is 368 g/mol. The Morgan fingerprint density at radius 3 is 2.92 bits per heavy atom. The van der Waals surface area contributed by atoms with Gasteiger partial charge in [-0.3, -0.25) is 9.88 Å². The lowest BCUT2D eigenvalue weighted by Gasteiger charge is -2.32. The zero-order valence-corrected chi connectivity index (χ0v) is 15.4. The first-order chi connectivity index (χ1) is 12.8. The van der Waals surface area contributed by atoms with Crippen molar-refractivity contribution in [1.82, 2.24) is 14.9 Å². The van der Waals surface area contributed by atoms with Crippen LogP contribution in [-0.4, -0.2) is 34.1 Å². The topological polar surface area (TPSA) is 38.2 Å². The van der Waals surface area contributed by atoms with E-state index in [0.717, 1.165) is 54.8 Å². The molecule has 0 amide bonds. The number of para-hydroxylation sites is 1. The van der Waals surface area contributed by atoms with E-state index in [1.807, 2.05) is 42.6 Å². The number of hydrogen-bond donors (Lipinski definition) is 0. The van der Waals surface area contributed by atoms with Gasteiger partial charge in [-0.2, -0.15) is 0 Å². The number of likely N-dealkylation sites (tertiary alicyclic amines) is 1. The van der Waals surface area contributed by atoms with Crippen molar-refractivity contribution in [2.45, 2.75) is 32.1 Å². The molecule has 134 valence electrons. The normalized spacial score (nSPS) is 18.3. The number of hydrogen-bond acceptors (Lipinski definition) is 4. The van der Waals surface area contributed by atoms with Crippen LogP contribution in [0.4, 0.5) is 0 Å². The fraction of sp³-hybridized carbons (Fsp3) is 0.333. The third kappa shape index (κ3) is 4.21. The van der Waals surface area contributed by atoms with E-state index < -0.39 is 0 Å². The standard InChI is InChI=1S/C21H22ClN3O/c22-20-8-3-5-16-9-10-17(24-21(16)20)13-25-12-4-7-19(14-25)26-15-18-6-1-2-11-23-18/h1-3,5-6,8-11,19H,4,7,12-15H2/t19-/m1/s1. The summed E-state index contributed by atoms with van der Waals surface area (Å²) >= 11 is 6.29. The number of ether oxygens (including phenoxy) is 1. The molecule has 0 unspecified atom stereocenters. The largest absolute Gasteiger partial charge is 0.371 e. The molecule has 3 heterocycles. The highest BCUT2D eigenvalue weighted by molar-refractivity contribution is 6.35. The van der Waals surface area contributed by atoms with Gasteiger partial charge >= 0.3 is 0 Å². The van der Waals surface area contributed by atoms with Crippen molar-refractivity contribution < 1.29 is 4.74 Å². The van der Waals surface area contributed by atoms with Gasteiger partial charge in [0.1, 0.15) is 0 Å². The first-order valence-corrected chi connectivity index (χ1v) is 9.44. The number of piperidine rings is 1. The molecular weight excluding hydrogens is 346 g/mol. The zero-order chi connectivity index (χ0) is 17.8. The van der Waals surface area contributed by atoms with Gasteiger partial charge in [-0.05, 0) is 43.7 Å². The monoisotopic (exact) mass is 367 g/mol. The smallest absolute Gasteiger partial charge is 0.0892 e. The Hall–Kier alpha value is -2.01. The number of aromatic nitrogens is 2. The lowest BCUT2D eigenvalue weighted by atomic mass is 10.1. The van der Waals surface area contributed by atoms with Gasteiger partial charge in [0.25, 0.3) is 0 Å². The van der Waals surface area contributed by atoms with Crippen LogP contribution in [0.15, 0.2) is 54.7 Å². The second-order valence-electron chi connectivity index (χ2n) is 6.75. The lowest BCUT2D eigenvalue weighted by molar-refractivity contribution is -0.0135. The van der Waals surface area contributed by atoms with Gasteiger partial charge < -0.3 is 4.74 Å². The molecule has 5 heteroatoms. The van der Waals surface area contributed by atoms with E-state index in [1.54, 1.807) is 0 Å². The third-order valence-electron chi connectivity index (χ3n) is 4.77. The van der Waals surface area contributed by atoms with Gasteiger partial charge in [-0.15, -0.1) is 0 Å². The molecule has 26 heavy (non-hydrogen) atoms. The zero-order valence-electron chi connectivity index (χ0n) is 14.6. The Bertz CT molecular complexity index is 872. The molecule has 1 aromatic carbocycles. The Kier molecular flexibility index (Phi) is 5.44. The van der Waals surface area contributed by atoms with Gasteiger partial charge in [0.2, 0.25) is 0 Å². The molecule has 0 aliphatic carbocycles. The number of pyridine rings is 2. The number of benzene rings is 1. The first-order valence-electron chi connectivity index (χ1n) is 9.06. The van der Waals surface area contributed by atoms with E-state index in [-0.39, 0.29) is 6.10 Å². The van der Waals surface area contributed by atoms with E-state index in [1.165, 1.54) is 0 Å². The van der Waals surface area contributed by atoms with Crippen molar-refractivity contribution >= 4 is 22.5 Å². The van der Waals surface area contributed by atoms with E-state index >= 15 is 0 Å². The Morgan fingerprint density at radius 1 is 1.08 bits per heavy atom. The van der Waals surface area contributed by atoms with Gasteiger partial charge in [0.15, 0.2) is 0 Å². The minimum Gasteiger partial charge on any atom is -0.371 e. The van der Waals surface area contributed by atoms with Crippen LogP contribution >= 0.6 is 11.6 Å². The van der Waals surface area contributed by atoms with Crippen molar-refractivity contribution in [1.29, 1.82) is 0 Å². The second kappa shape index (κ2) is 8.12. The summed E-state index contributed by atoms with van der Waals surface area (Å²) in [5, 5.41) is 1.79. The van der Waals surface area contributed by atoms with Crippen LogP contribution in [-0.2, 0) is 17.9 Å². The molecule has 0 radical (unpaired) electrons. The van der Waals surface area contributed by atoms with Crippen LogP contribution in [0.25, 0.3) is 10.9 Å². The van der Waals surface area contributed by atoms with Crippen LogP contribution in [0.1, 0.15) is 24.2 Å². The summed E-state index contributed by atoms with van der Waals surface area (Å²) in [4.78, 5) is 11.5. The van der Waals surface area contributed by atoms with E-state index in [9.17, 15) is 0 Å². The van der Waals surface area contributed by atoms with Gasteiger partial charge in [-0.25, -0.2) is 4.98 Å². The minimum absolute atomic E-state index is 0.245. The van der Waals surface area contributed by atoms with Gasteiger partial charge in [-0.1, -0.05) is 35.9 Å². The molecule has 1 fully saturated rings. The van der Waals surface area contributed by atoms with E-state index in [4.69, 9.17) is 21.3 Å². The molecular formula is C21H22ClN3O. The summed E-state index contributed by atoms with van der Waals surface area (Å²) in [7, 11) is 0. The molecule has 1 saturated heterocycles. The summed E-state index contributed by atoms with van der Waals surface area (Å²) in [5.41, 5.74) is 2.91. The number of fused-ring (bicyclic) bond motifs is 1. The molecule has 4 rings (SSSR count). The van der Waals surface area contributed by atoms with E-state index in [0.29, 0.717) is 11.6 Å². The summed E-state index contributed by atoms with van der Waals surface area (Å²) in [6.45, 7) is 3.40. The summed E-state index contributed by atoms with van der Waals surface area (Å²) < 4.78 is 6.08. The maximum absolute atomic E-state index is 6.29. The SMILES string of the molecule is Clc1cccc2ccc(CN3CCC[C@@H](OCc4ccccn4)C3)nc12. The molecule has 0 spiro atoms. The van der Waals surface area contributed by atoms with Gasteiger partial charge in [0, 0.05) is 24.7 Å². The average Bonchev–Trinajstić information content (AvgIpc) is 2.68. The predicted molar refractivity (Wildman–Crippen MR) is 104 cm³/mol. The lowest BCUT2D eigenvalue weighted by Crippen LogP contribution is -2.39. The van der Waals surface area contributed by atoms with Crippen LogP contribution in [0.2, 0.25) is 5.02 Å². The Labute approximate surface area is 158 Å². The predicted octanol–water partition coefficient (Wildman–Crippen LogP) is 4.46. The Balaban J connectivity index is 1.38. The summed E-state index contributed by atoms with van der Waals surface area (Å²) in [6.07, 6.45) is 4.29. The fourth-order valence-electron chi connectivity index (χ4n) is 3.45. The van der Waals surface area contributed by atoms with Crippen molar-refractivity contribution in [2.75, 3.05) is 13.1 Å². The second-order valence-corrected chi connectivity index (χ2v) is 7.15. The number of nitrogens with zero attached hydrogens (tertiary/aromatic N) is 3. The molecule has 1 aliphatic rings. The van der Waals surface area contributed by atoms with Crippen LogP contribution in [0.5, 0.6) is 0 Å². The van der Waals surface area contributed by atoms with Crippen LogP contribution in [0.3, 0.4) is 0 Å². The minimum atomic E-state index is 0.245. The molecule has 0 N–H and O–H groups in total. The number of rotatable bonds is 5. The van der Waals surface area contributed by atoms with Crippen molar-refractivity contribution in [2.24, 2.45) is 0 Å². The third-order valence-corrected chi connectivity index (χ3v) is 5.07. The molecule has 0 bridgehead atoms. The quantitative estimate of drug-likeness (QED) is 0.667. The molecule has 0 saturated carbocycles. The molecule has 4 nitrogen and oxygen atoms in total. The maximum atomic E-state index is 6.29. The van der Waals surface area contributed by atoms with Crippen LogP contribution < -0.4 is 0 Å². The molecule has 3 aromatic rings.